The predicted molar refractivity (Wildman–Crippen MR) is 62.0 cm³/mol. The van der Waals surface area contributed by atoms with Gasteiger partial charge in [0.25, 0.3) is 0 Å². The van der Waals surface area contributed by atoms with Gasteiger partial charge in [0, 0.05) is 0 Å². The summed E-state index contributed by atoms with van der Waals surface area (Å²) < 4.78 is 1.77. The predicted octanol–water partition coefficient (Wildman–Crippen LogP) is 2.03. The molecule has 1 unspecified atom stereocenters. The van der Waals surface area contributed by atoms with Crippen LogP contribution in [-0.2, 0) is 11.2 Å². The molecule has 0 saturated heterocycles. The summed E-state index contributed by atoms with van der Waals surface area (Å²) in [5.41, 5.74) is 3.07. The zero-order valence-electron chi connectivity index (χ0n) is 8.46. The topological polar surface area (TPSA) is 55.1 Å². The van der Waals surface area contributed by atoms with Gasteiger partial charge in [0.15, 0.2) is 0 Å². The van der Waals surface area contributed by atoms with E-state index in [2.05, 4.69) is 4.98 Å². The van der Waals surface area contributed by atoms with Crippen molar-refractivity contribution in [1.29, 1.82) is 0 Å². The number of nitrogens with zero attached hydrogens (tertiary/aromatic N) is 2. The normalized spacial score (nSPS) is 18.1. The average Bonchev–Trinajstić information content (AvgIpc) is 2.65. The lowest BCUT2D eigenvalue weighted by atomic mass is 9.99. The van der Waals surface area contributed by atoms with Gasteiger partial charge in [-0.05, 0) is 24.5 Å². The molecule has 1 atom stereocenters. The van der Waals surface area contributed by atoms with Crippen LogP contribution in [-0.4, -0.2) is 20.6 Å². The molecule has 1 aromatic heterocycles. The molecule has 3 rings (SSSR count). The quantitative estimate of drug-likeness (QED) is 0.827. The lowest BCUT2D eigenvalue weighted by Crippen LogP contribution is -2.22. The second-order valence-corrected chi connectivity index (χ2v) is 3.83. The maximum absolute atomic E-state index is 11.1. The Morgan fingerprint density at radius 2 is 2.31 bits per heavy atom. The fourth-order valence-corrected chi connectivity index (χ4v) is 2.27. The van der Waals surface area contributed by atoms with Crippen LogP contribution in [0.3, 0.4) is 0 Å². The van der Waals surface area contributed by atoms with Gasteiger partial charge in [-0.15, -0.1) is 12.4 Å². The molecule has 16 heavy (non-hydrogen) atoms. The van der Waals surface area contributed by atoms with E-state index in [9.17, 15) is 4.79 Å². The van der Waals surface area contributed by atoms with Crippen molar-refractivity contribution in [1.82, 2.24) is 9.55 Å². The molecule has 4 nitrogen and oxygen atoms in total. The van der Waals surface area contributed by atoms with E-state index in [4.69, 9.17) is 5.11 Å². The minimum absolute atomic E-state index is 0. The first-order valence-corrected chi connectivity index (χ1v) is 4.94. The van der Waals surface area contributed by atoms with Crippen LogP contribution in [0.4, 0.5) is 0 Å². The first-order chi connectivity index (χ1) is 7.27. The van der Waals surface area contributed by atoms with Crippen molar-refractivity contribution in [2.24, 2.45) is 0 Å². The zero-order chi connectivity index (χ0) is 10.4. The number of hydrogen-bond acceptors (Lipinski definition) is 2. The molecule has 2 heterocycles. The Bertz CT molecular complexity index is 550. The van der Waals surface area contributed by atoms with Crippen LogP contribution in [0.2, 0.25) is 0 Å². The number of imidazole rings is 1. The summed E-state index contributed by atoms with van der Waals surface area (Å²) in [6.45, 7) is 0. The molecular formula is C11H11ClN2O2. The number of carboxylic acids is 1. The van der Waals surface area contributed by atoms with Gasteiger partial charge in [0.1, 0.15) is 6.04 Å². The number of hydrogen-bond donors (Lipinski definition) is 1. The van der Waals surface area contributed by atoms with Crippen molar-refractivity contribution in [2.45, 2.75) is 18.9 Å². The van der Waals surface area contributed by atoms with E-state index in [0.717, 1.165) is 17.5 Å². The summed E-state index contributed by atoms with van der Waals surface area (Å²) in [5, 5.41) is 9.09. The number of carboxylic acid groups (broad SMARTS) is 1. The third kappa shape index (κ3) is 1.38. The third-order valence-corrected chi connectivity index (χ3v) is 2.99. The summed E-state index contributed by atoms with van der Waals surface area (Å²) in [5.74, 6) is -0.774. The lowest BCUT2D eigenvalue weighted by molar-refractivity contribution is -0.141. The highest BCUT2D eigenvalue weighted by Gasteiger charge is 2.26. The molecule has 0 fully saturated rings. The van der Waals surface area contributed by atoms with Gasteiger partial charge < -0.3 is 9.67 Å². The molecule has 0 spiro atoms. The van der Waals surface area contributed by atoms with Crippen LogP contribution in [0.5, 0.6) is 0 Å². The molecule has 1 N–H and O–H groups in total. The Kier molecular flexibility index (Phi) is 2.59. The maximum Gasteiger partial charge on any atom is 0.326 e. The minimum Gasteiger partial charge on any atom is -0.480 e. The van der Waals surface area contributed by atoms with Crippen LogP contribution in [0.25, 0.3) is 11.0 Å². The molecule has 0 radical (unpaired) electrons. The number of aliphatic carboxylic acids is 1. The van der Waals surface area contributed by atoms with E-state index in [0.29, 0.717) is 6.42 Å². The Balaban J connectivity index is 0.000000963. The van der Waals surface area contributed by atoms with Crippen LogP contribution in [0, 0.1) is 0 Å². The molecule has 1 aliphatic rings. The maximum atomic E-state index is 11.1. The fourth-order valence-electron chi connectivity index (χ4n) is 2.27. The Hall–Kier alpha value is -1.55. The highest BCUT2D eigenvalue weighted by Crippen LogP contribution is 2.30. The van der Waals surface area contributed by atoms with Crippen molar-refractivity contribution >= 4 is 29.4 Å². The average molecular weight is 239 g/mol. The highest BCUT2D eigenvalue weighted by atomic mass is 35.5. The van der Waals surface area contributed by atoms with Crippen molar-refractivity contribution < 1.29 is 9.90 Å². The molecule has 0 saturated carbocycles. The first kappa shape index (κ1) is 11.0. The summed E-state index contributed by atoms with van der Waals surface area (Å²) in [6.07, 6.45) is 3.10. The largest absolute Gasteiger partial charge is 0.480 e. The van der Waals surface area contributed by atoms with E-state index in [-0.39, 0.29) is 12.4 Å². The monoisotopic (exact) mass is 238 g/mol. The van der Waals surface area contributed by atoms with Crippen LogP contribution >= 0.6 is 12.4 Å². The highest BCUT2D eigenvalue weighted by molar-refractivity contribution is 5.85. The second kappa shape index (κ2) is 3.79. The van der Waals surface area contributed by atoms with E-state index in [1.165, 1.54) is 5.56 Å². The number of benzene rings is 1. The van der Waals surface area contributed by atoms with Crippen molar-refractivity contribution in [3.05, 3.63) is 30.1 Å². The second-order valence-electron chi connectivity index (χ2n) is 3.83. The van der Waals surface area contributed by atoms with Gasteiger partial charge in [-0.3, -0.25) is 0 Å². The zero-order valence-corrected chi connectivity index (χ0v) is 9.28. The van der Waals surface area contributed by atoms with Crippen molar-refractivity contribution in [2.75, 3.05) is 0 Å². The summed E-state index contributed by atoms with van der Waals surface area (Å²) in [4.78, 5) is 15.3. The molecule has 0 aliphatic carbocycles. The number of aromatic nitrogens is 2. The molecule has 1 aliphatic heterocycles. The third-order valence-electron chi connectivity index (χ3n) is 2.99. The molecule has 0 amide bonds. The number of aryl methyl sites for hydroxylation is 1. The smallest absolute Gasteiger partial charge is 0.326 e. The van der Waals surface area contributed by atoms with Gasteiger partial charge in [-0.25, -0.2) is 9.78 Å². The fraction of sp³-hybridized carbons (Fsp3) is 0.273. The first-order valence-electron chi connectivity index (χ1n) is 4.94. The molecule has 84 valence electrons. The number of carbonyl (C=O) groups is 1. The van der Waals surface area contributed by atoms with Gasteiger partial charge in [-0.2, -0.15) is 0 Å². The van der Waals surface area contributed by atoms with Crippen molar-refractivity contribution in [3.8, 4) is 0 Å². The Morgan fingerprint density at radius 1 is 1.50 bits per heavy atom. The van der Waals surface area contributed by atoms with E-state index >= 15 is 0 Å². The molecule has 2 aromatic rings. The molecule has 1 aromatic carbocycles. The summed E-state index contributed by atoms with van der Waals surface area (Å²) in [6, 6.07) is 5.47. The van der Waals surface area contributed by atoms with Gasteiger partial charge in [0.2, 0.25) is 0 Å². The number of para-hydroxylation sites is 1. The summed E-state index contributed by atoms with van der Waals surface area (Å²) >= 11 is 0. The van der Waals surface area contributed by atoms with E-state index in [1.807, 2.05) is 18.2 Å². The summed E-state index contributed by atoms with van der Waals surface area (Å²) in [7, 11) is 0. The van der Waals surface area contributed by atoms with Crippen LogP contribution in [0.15, 0.2) is 24.5 Å². The lowest BCUT2D eigenvalue weighted by Gasteiger charge is -2.21. The van der Waals surface area contributed by atoms with Gasteiger partial charge in [-0.1, -0.05) is 12.1 Å². The van der Waals surface area contributed by atoms with Gasteiger partial charge in [0.05, 0.1) is 17.4 Å². The van der Waals surface area contributed by atoms with Gasteiger partial charge >= 0.3 is 5.97 Å². The molecule has 5 heteroatoms. The molecule has 0 bridgehead atoms. The van der Waals surface area contributed by atoms with E-state index in [1.54, 1.807) is 10.9 Å². The molecular weight excluding hydrogens is 228 g/mol. The minimum atomic E-state index is -0.774. The standard InChI is InChI=1S/C11H10N2O2.ClH/c14-11(15)9-5-4-7-2-1-3-8-10(7)13(9)6-12-8;/h1-3,6,9H,4-5H2,(H,14,15);1H. The van der Waals surface area contributed by atoms with Crippen molar-refractivity contribution in [3.63, 3.8) is 0 Å². The Morgan fingerprint density at radius 3 is 3.06 bits per heavy atom. The van der Waals surface area contributed by atoms with Crippen LogP contribution in [0.1, 0.15) is 18.0 Å². The van der Waals surface area contributed by atoms with Crippen LogP contribution < -0.4 is 0 Å². The van der Waals surface area contributed by atoms with E-state index < -0.39 is 12.0 Å². The number of halogens is 1. The Labute approximate surface area is 98.3 Å². The SMILES string of the molecule is Cl.O=C(O)C1CCc2cccc3ncn1c23. The number of rotatable bonds is 1.